The minimum atomic E-state index is 0.585. The zero-order valence-corrected chi connectivity index (χ0v) is 32.9. The van der Waals surface area contributed by atoms with Gasteiger partial charge in [0.15, 0.2) is 23.1 Å². The van der Waals surface area contributed by atoms with Gasteiger partial charge in [0.2, 0.25) is 0 Å². The fourth-order valence-corrected chi connectivity index (χ4v) is 9.72. The summed E-state index contributed by atoms with van der Waals surface area (Å²) in [6, 6.07) is 67.3. The van der Waals surface area contributed by atoms with Crippen molar-refractivity contribution in [1.29, 1.82) is 0 Å². The number of hydrogen-bond acceptors (Lipinski definition) is 6. The number of pyridine rings is 1. The number of furan rings is 1. The molecule has 0 radical (unpaired) electrons. The molecule has 0 aliphatic heterocycles. The van der Waals surface area contributed by atoms with E-state index < -0.39 is 0 Å². The van der Waals surface area contributed by atoms with Gasteiger partial charge in [-0.3, -0.25) is 0 Å². The molecule has 0 N–H and O–H groups in total. The summed E-state index contributed by atoms with van der Waals surface area (Å²) >= 11 is 1.77. The van der Waals surface area contributed by atoms with E-state index in [1.807, 2.05) is 54.6 Å². The first-order chi connectivity index (χ1) is 29.7. The first-order valence-corrected chi connectivity index (χ1v) is 20.8. The fraction of sp³-hybridized carbons (Fsp3) is 0. The Morgan fingerprint density at radius 3 is 1.78 bits per heavy atom. The van der Waals surface area contributed by atoms with E-state index in [9.17, 15) is 0 Å². The van der Waals surface area contributed by atoms with Crippen LogP contribution in [0.15, 0.2) is 199 Å². The lowest BCUT2D eigenvalue weighted by molar-refractivity contribution is 0.669. The van der Waals surface area contributed by atoms with Crippen LogP contribution in [-0.4, -0.2) is 19.9 Å². The van der Waals surface area contributed by atoms with Gasteiger partial charge in [0.25, 0.3) is 0 Å². The van der Waals surface area contributed by atoms with Gasteiger partial charge in [0.1, 0.15) is 11.3 Å². The SMILES string of the molecule is c1ccc(-c2ccc(-c3cccc4nc(-c5cccc(-c6nc(-c7ccccc7)nc(-c7cccc8c7sc7ccccc78)n6)c5)c5oc6ccccc6c5c34)cc2)cc1. The van der Waals surface area contributed by atoms with Crippen LogP contribution < -0.4 is 0 Å². The maximum absolute atomic E-state index is 6.78. The lowest BCUT2D eigenvalue weighted by Gasteiger charge is -2.12. The smallest absolute Gasteiger partial charge is 0.165 e. The van der Waals surface area contributed by atoms with Crippen LogP contribution in [0.1, 0.15) is 0 Å². The van der Waals surface area contributed by atoms with Crippen molar-refractivity contribution in [1.82, 2.24) is 19.9 Å². The van der Waals surface area contributed by atoms with Crippen molar-refractivity contribution in [2.45, 2.75) is 0 Å². The van der Waals surface area contributed by atoms with Crippen molar-refractivity contribution in [2.75, 3.05) is 0 Å². The summed E-state index contributed by atoms with van der Waals surface area (Å²) < 4.78 is 9.17. The minimum Gasteiger partial charge on any atom is -0.454 e. The van der Waals surface area contributed by atoms with Crippen molar-refractivity contribution in [3.05, 3.63) is 194 Å². The summed E-state index contributed by atoms with van der Waals surface area (Å²) in [6.45, 7) is 0. The molecule has 12 rings (SSSR count). The van der Waals surface area contributed by atoms with Gasteiger partial charge in [-0.2, -0.15) is 0 Å². The second-order valence-corrected chi connectivity index (χ2v) is 16.0. The van der Waals surface area contributed by atoms with Crippen molar-refractivity contribution in [2.24, 2.45) is 0 Å². The van der Waals surface area contributed by atoms with E-state index in [0.29, 0.717) is 17.5 Å². The maximum atomic E-state index is 6.78. The van der Waals surface area contributed by atoms with Crippen LogP contribution in [0.5, 0.6) is 0 Å². The predicted octanol–water partition coefficient (Wildman–Crippen LogP) is 14.7. The Morgan fingerprint density at radius 1 is 0.367 bits per heavy atom. The Kier molecular flexibility index (Phi) is 7.96. The molecule has 60 heavy (non-hydrogen) atoms. The zero-order valence-electron chi connectivity index (χ0n) is 32.1. The first-order valence-electron chi connectivity index (χ1n) is 20.0. The highest BCUT2D eigenvalue weighted by atomic mass is 32.1. The molecule has 0 aliphatic carbocycles. The molecule has 4 aromatic heterocycles. The van der Waals surface area contributed by atoms with Crippen LogP contribution in [0, 0.1) is 0 Å². The number of nitrogens with zero attached hydrogens (tertiary/aromatic N) is 4. The molecule has 8 aromatic carbocycles. The molecule has 280 valence electrons. The van der Waals surface area contributed by atoms with Gasteiger partial charge >= 0.3 is 0 Å². The highest BCUT2D eigenvalue weighted by Crippen LogP contribution is 2.44. The third kappa shape index (κ3) is 5.69. The van der Waals surface area contributed by atoms with Gasteiger partial charge in [0, 0.05) is 58.6 Å². The van der Waals surface area contributed by atoms with Crippen molar-refractivity contribution >= 4 is 64.4 Å². The molecule has 0 fully saturated rings. The molecule has 0 atom stereocenters. The van der Waals surface area contributed by atoms with Gasteiger partial charge < -0.3 is 4.42 Å². The molecule has 12 aromatic rings. The Balaban J connectivity index is 1.04. The highest BCUT2D eigenvalue weighted by Gasteiger charge is 2.22. The van der Waals surface area contributed by atoms with Crippen molar-refractivity contribution < 1.29 is 4.42 Å². The van der Waals surface area contributed by atoms with Crippen LogP contribution in [0.3, 0.4) is 0 Å². The standard InChI is InChI=1S/C54H32N4OS/c1-3-14-33(15-4-1)34-28-30-35(31-29-34)39-22-13-25-44-47(39)48-42-21-7-9-26-45(42)59-50(48)49(55-44)37-18-11-19-38(32-37)53-56-52(36-16-5-2-6-17-36)57-54(58-53)43-24-12-23-41-40-20-8-10-27-46(40)60-51(41)43/h1-32H. The Morgan fingerprint density at radius 2 is 0.950 bits per heavy atom. The molecule has 4 heterocycles. The molecule has 6 heteroatoms. The van der Waals surface area contributed by atoms with Crippen LogP contribution >= 0.6 is 11.3 Å². The zero-order chi connectivity index (χ0) is 39.6. The molecule has 0 bridgehead atoms. The molecule has 0 amide bonds. The summed E-state index contributed by atoms with van der Waals surface area (Å²) in [5.41, 5.74) is 11.5. The summed E-state index contributed by atoms with van der Waals surface area (Å²) in [4.78, 5) is 20.8. The largest absolute Gasteiger partial charge is 0.454 e. The summed E-state index contributed by atoms with van der Waals surface area (Å²) in [5, 5.41) is 5.59. The second kappa shape index (κ2) is 13.9. The summed E-state index contributed by atoms with van der Waals surface area (Å²) in [5.74, 6) is 1.84. The van der Waals surface area contributed by atoms with Gasteiger partial charge in [-0.1, -0.05) is 164 Å². The number of para-hydroxylation sites is 1. The quantitative estimate of drug-likeness (QED) is 0.168. The Hall–Kier alpha value is -7.80. The average molecular weight is 785 g/mol. The fourth-order valence-electron chi connectivity index (χ4n) is 8.51. The monoisotopic (exact) mass is 784 g/mol. The number of fused-ring (bicyclic) bond motifs is 8. The van der Waals surface area contributed by atoms with E-state index in [-0.39, 0.29) is 0 Å². The maximum Gasteiger partial charge on any atom is 0.165 e. The predicted molar refractivity (Wildman–Crippen MR) is 248 cm³/mol. The number of thiophene rings is 1. The third-order valence-electron chi connectivity index (χ3n) is 11.3. The highest BCUT2D eigenvalue weighted by molar-refractivity contribution is 7.26. The topological polar surface area (TPSA) is 64.7 Å². The lowest BCUT2D eigenvalue weighted by atomic mass is 9.94. The van der Waals surface area contributed by atoms with Crippen LogP contribution in [0.4, 0.5) is 0 Å². The Bertz CT molecular complexity index is 3600. The molecule has 0 spiro atoms. The summed E-state index contributed by atoms with van der Waals surface area (Å²) in [6.07, 6.45) is 0. The van der Waals surface area contributed by atoms with E-state index in [0.717, 1.165) is 76.6 Å². The van der Waals surface area contributed by atoms with Crippen LogP contribution in [0.25, 0.3) is 121 Å². The molecule has 0 saturated carbocycles. The minimum absolute atomic E-state index is 0.585. The van der Waals surface area contributed by atoms with Crippen LogP contribution in [-0.2, 0) is 0 Å². The second-order valence-electron chi connectivity index (χ2n) is 14.9. The van der Waals surface area contributed by atoms with Gasteiger partial charge in [-0.15, -0.1) is 11.3 Å². The molecule has 5 nitrogen and oxygen atoms in total. The lowest BCUT2D eigenvalue weighted by Crippen LogP contribution is -2.00. The number of hydrogen-bond donors (Lipinski definition) is 0. The van der Waals surface area contributed by atoms with E-state index in [1.54, 1.807) is 11.3 Å². The van der Waals surface area contributed by atoms with E-state index >= 15 is 0 Å². The van der Waals surface area contributed by atoms with Crippen molar-refractivity contribution in [3.63, 3.8) is 0 Å². The van der Waals surface area contributed by atoms with E-state index in [2.05, 4.69) is 140 Å². The summed E-state index contributed by atoms with van der Waals surface area (Å²) in [7, 11) is 0. The van der Waals surface area contributed by atoms with E-state index in [4.69, 9.17) is 24.4 Å². The van der Waals surface area contributed by atoms with E-state index in [1.165, 1.54) is 26.6 Å². The average Bonchev–Trinajstić information content (AvgIpc) is 3.91. The molecule has 0 aliphatic rings. The van der Waals surface area contributed by atoms with Gasteiger partial charge in [0.05, 0.1) is 5.52 Å². The van der Waals surface area contributed by atoms with Crippen molar-refractivity contribution in [3.8, 4) is 67.7 Å². The molecular weight excluding hydrogens is 753 g/mol. The number of benzene rings is 8. The van der Waals surface area contributed by atoms with Gasteiger partial charge in [-0.25, -0.2) is 19.9 Å². The number of rotatable bonds is 6. The Labute approximate surface area is 348 Å². The normalized spacial score (nSPS) is 11.7. The number of aromatic nitrogens is 4. The first kappa shape index (κ1) is 34.3. The molecular formula is C54H32N4OS. The molecule has 0 saturated heterocycles. The third-order valence-corrected chi connectivity index (χ3v) is 12.6. The molecule has 0 unspecified atom stereocenters. The van der Waals surface area contributed by atoms with Crippen LogP contribution in [0.2, 0.25) is 0 Å². The van der Waals surface area contributed by atoms with Gasteiger partial charge in [-0.05, 0) is 52.6 Å².